The molecule has 1 unspecified atom stereocenters. The first-order valence-electron chi connectivity index (χ1n) is 25.3. The molecule has 0 radical (unpaired) electrons. The Bertz CT molecular complexity index is 1100. The van der Waals surface area contributed by atoms with Gasteiger partial charge in [0.25, 0.3) is 0 Å². The predicted molar refractivity (Wildman–Crippen MR) is 256 cm³/mol. The molecule has 0 saturated carbocycles. The van der Waals surface area contributed by atoms with Crippen molar-refractivity contribution in [2.75, 3.05) is 13.2 Å². The van der Waals surface area contributed by atoms with Crippen molar-refractivity contribution in [1.82, 2.24) is 0 Å². The van der Waals surface area contributed by atoms with Gasteiger partial charge in [0, 0.05) is 12.8 Å². The van der Waals surface area contributed by atoms with Crippen LogP contribution in [-0.2, 0) is 28.6 Å². The molecule has 0 aromatic rings. The van der Waals surface area contributed by atoms with Crippen LogP contribution in [0.3, 0.4) is 0 Å². The van der Waals surface area contributed by atoms with Gasteiger partial charge in [0.15, 0.2) is 6.10 Å². The lowest BCUT2D eigenvalue weighted by Crippen LogP contribution is -2.30. The van der Waals surface area contributed by atoms with Crippen molar-refractivity contribution in [2.45, 2.75) is 252 Å². The molecule has 0 aliphatic rings. The van der Waals surface area contributed by atoms with E-state index in [1.807, 2.05) is 6.08 Å². The topological polar surface area (TPSA) is 78.9 Å². The number of unbranched alkanes of at least 4 members (excludes halogenated alkanes) is 25. The zero-order chi connectivity index (χ0) is 43.7. The second-order valence-electron chi connectivity index (χ2n) is 16.7. The fourth-order valence-electron chi connectivity index (χ4n) is 7.05. The number of rotatable bonds is 45. The molecule has 0 bridgehead atoms. The summed E-state index contributed by atoms with van der Waals surface area (Å²) < 4.78 is 16.7. The van der Waals surface area contributed by atoms with E-state index in [1.54, 1.807) is 6.08 Å². The second kappa shape index (κ2) is 48.8. The van der Waals surface area contributed by atoms with Crippen molar-refractivity contribution in [2.24, 2.45) is 0 Å². The van der Waals surface area contributed by atoms with Crippen LogP contribution in [0.15, 0.2) is 60.8 Å². The smallest absolute Gasteiger partial charge is 0.309 e. The normalized spacial score (nSPS) is 12.5. The van der Waals surface area contributed by atoms with Crippen LogP contribution < -0.4 is 0 Å². The van der Waals surface area contributed by atoms with Gasteiger partial charge in [-0.05, 0) is 44.9 Å². The quantitative estimate of drug-likeness (QED) is 0.0263. The summed E-state index contributed by atoms with van der Waals surface area (Å²) in [7, 11) is 0. The maximum atomic E-state index is 12.8. The van der Waals surface area contributed by atoms with Crippen LogP contribution >= 0.6 is 0 Å². The lowest BCUT2D eigenvalue weighted by Gasteiger charge is -2.18. The van der Waals surface area contributed by atoms with Crippen LogP contribution in [0.4, 0.5) is 0 Å². The molecule has 0 aliphatic carbocycles. The van der Waals surface area contributed by atoms with Gasteiger partial charge in [-0.25, -0.2) is 0 Å². The molecular formula is C54H94O6. The number of esters is 3. The highest BCUT2D eigenvalue weighted by Gasteiger charge is 2.19. The fourth-order valence-corrected chi connectivity index (χ4v) is 7.05. The molecule has 6 nitrogen and oxygen atoms in total. The molecule has 0 rings (SSSR count). The standard InChI is InChI=1S/C54H94O6/c1-4-7-10-13-16-19-22-25-27-30-32-35-38-41-44-47-53(56)59-50-51(49-58-52(55)46-43-40-37-34-31-28-24-21-18-15-12-9-6-3)60-54(57)48-45-42-39-36-33-29-26-23-20-17-14-11-8-5-2/h7,10,16,19,25,27,32,35,41,44,51H,4-6,8-9,11-15,17-18,20-24,26,28-31,33-34,36-40,42-43,45-50H2,1-3H3/b10-7-,19-16-,27-25-,35-32-,44-41-. The first-order valence-corrected chi connectivity index (χ1v) is 25.3. The monoisotopic (exact) mass is 839 g/mol. The van der Waals surface area contributed by atoms with E-state index in [0.717, 1.165) is 70.6 Å². The third-order valence-corrected chi connectivity index (χ3v) is 10.8. The molecule has 0 amide bonds. The molecule has 0 aliphatic heterocycles. The van der Waals surface area contributed by atoms with E-state index in [2.05, 4.69) is 69.4 Å². The van der Waals surface area contributed by atoms with Gasteiger partial charge in [0.05, 0.1) is 6.42 Å². The van der Waals surface area contributed by atoms with Crippen LogP contribution in [0.2, 0.25) is 0 Å². The molecule has 0 fully saturated rings. The Balaban J connectivity index is 4.48. The van der Waals surface area contributed by atoms with Crippen molar-refractivity contribution in [3.8, 4) is 0 Å². The number of hydrogen-bond acceptors (Lipinski definition) is 6. The zero-order valence-corrected chi connectivity index (χ0v) is 39.5. The fraction of sp³-hybridized carbons (Fsp3) is 0.759. The Morgan fingerprint density at radius 2 is 0.650 bits per heavy atom. The van der Waals surface area contributed by atoms with Gasteiger partial charge >= 0.3 is 17.9 Å². The van der Waals surface area contributed by atoms with Gasteiger partial charge in [0.2, 0.25) is 0 Å². The maximum absolute atomic E-state index is 12.8. The van der Waals surface area contributed by atoms with E-state index >= 15 is 0 Å². The summed E-state index contributed by atoms with van der Waals surface area (Å²) in [6.07, 6.45) is 59.4. The number of carbonyl (C=O) groups is 3. The molecule has 60 heavy (non-hydrogen) atoms. The van der Waals surface area contributed by atoms with Gasteiger partial charge in [-0.3, -0.25) is 14.4 Å². The minimum absolute atomic E-state index is 0.100. The largest absolute Gasteiger partial charge is 0.462 e. The molecule has 0 saturated heterocycles. The van der Waals surface area contributed by atoms with Crippen LogP contribution in [0, 0.1) is 0 Å². The third-order valence-electron chi connectivity index (χ3n) is 10.8. The summed E-state index contributed by atoms with van der Waals surface area (Å²) in [5.41, 5.74) is 0. The minimum Gasteiger partial charge on any atom is -0.462 e. The average Bonchev–Trinajstić information content (AvgIpc) is 3.24. The number of ether oxygens (including phenoxy) is 3. The van der Waals surface area contributed by atoms with Gasteiger partial charge in [0.1, 0.15) is 13.2 Å². The van der Waals surface area contributed by atoms with Crippen molar-refractivity contribution >= 4 is 17.9 Å². The van der Waals surface area contributed by atoms with Crippen LogP contribution in [-0.4, -0.2) is 37.2 Å². The second-order valence-corrected chi connectivity index (χ2v) is 16.7. The summed E-state index contributed by atoms with van der Waals surface area (Å²) >= 11 is 0. The number of carbonyl (C=O) groups excluding carboxylic acids is 3. The van der Waals surface area contributed by atoms with Gasteiger partial charge in [-0.15, -0.1) is 0 Å². The SMILES string of the molecule is CC/C=C\C/C=C\C/C=C\C/C=C\C/C=C\CC(=O)OCC(COC(=O)CCCCCCCCCCCCCCC)OC(=O)CCCCCCCCCCCCCCCC. The summed E-state index contributed by atoms with van der Waals surface area (Å²) in [5, 5.41) is 0. The average molecular weight is 839 g/mol. The maximum Gasteiger partial charge on any atom is 0.309 e. The van der Waals surface area contributed by atoms with Gasteiger partial charge < -0.3 is 14.2 Å². The van der Waals surface area contributed by atoms with Gasteiger partial charge in [-0.1, -0.05) is 242 Å². The molecule has 0 aromatic carbocycles. The van der Waals surface area contributed by atoms with Crippen molar-refractivity contribution in [3.05, 3.63) is 60.8 Å². The first kappa shape index (κ1) is 57.1. The Kier molecular flexibility index (Phi) is 46.4. The Labute approximate surface area is 370 Å². The van der Waals surface area contributed by atoms with Crippen molar-refractivity contribution in [3.63, 3.8) is 0 Å². The highest BCUT2D eigenvalue weighted by atomic mass is 16.6. The van der Waals surface area contributed by atoms with Crippen molar-refractivity contribution < 1.29 is 28.6 Å². The Morgan fingerprint density at radius 1 is 0.350 bits per heavy atom. The third kappa shape index (κ3) is 46.2. The number of hydrogen-bond donors (Lipinski definition) is 0. The predicted octanol–water partition coefficient (Wildman–Crippen LogP) is 16.5. The van der Waals surface area contributed by atoms with E-state index < -0.39 is 12.1 Å². The van der Waals surface area contributed by atoms with E-state index in [4.69, 9.17) is 14.2 Å². The Morgan fingerprint density at radius 3 is 1.02 bits per heavy atom. The van der Waals surface area contributed by atoms with E-state index in [1.165, 1.54) is 135 Å². The number of allylic oxidation sites excluding steroid dienone is 9. The lowest BCUT2D eigenvalue weighted by atomic mass is 10.0. The molecule has 1 atom stereocenters. The molecule has 0 heterocycles. The zero-order valence-electron chi connectivity index (χ0n) is 39.5. The molecule has 0 spiro atoms. The molecule has 0 aromatic heterocycles. The minimum atomic E-state index is -0.808. The summed E-state index contributed by atoms with van der Waals surface area (Å²) in [5.74, 6) is -1.03. The molecular weight excluding hydrogens is 745 g/mol. The summed E-state index contributed by atoms with van der Waals surface area (Å²) in [6.45, 7) is 6.44. The van der Waals surface area contributed by atoms with Crippen LogP contribution in [0.5, 0.6) is 0 Å². The van der Waals surface area contributed by atoms with E-state index in [9.17, 15) is 14.4 Å². The van der Waals surface area contributed by atoms with E-state index in [0.29, 0.717) is 12.8 Å². The van der Waals surface area contributed by atoms with Gasteiger partial charge in [-0.2, -0.15) is 0 Å². The molecule has 6 heteroatoms. The summed E-state index contributed by atoms with van der Waals surface area (Å²) in [6, 6.07) is 0. The van der Waals surface area contributed by atoms with Crippen LogP contribution in [0.25, 0.3) is 0 Å². The van der Waals surface area contributed by atoms with Crippen LogP contribution in [0.1, 0.15) is 245 Å². The first-order chi connectivity index (χ1) is 29.5. The molecule has 346 valence electrons. The highest BCUT2D eigenvalue weighted by Crippen LogP contribution is 2.15. The van der Waals surface area contributed by atoms with Crippen molar-refractivity contribution in [1.29, 1.82) is 0 Å². The summed E-state index contributed by atoms with van der Waals surface area (Å²) in [4.78, 5) is 37.9. The lowest BCUT2D eigenvalue weighted by molar-refractivity contribution is -0.166. The molecule has 0 N–H and O–H groups in total. The highest BCUT2D eigenvalue weighted by molar-refractivity contribution is 5.72. The van der Waals surface area contributed by atoms with E-state index in [-0.39, 0.29) is 31.6 Å². The Hall–Kier alpha value is -2.89.